The van der Waals surface area contributed by atoms with E-state index in [2.05, 4.69) is 228 Å². The third-order valence-electron chi connectivity index (χ3n) is 9.63. The number of hydrogen-bond donors (Lipinski definition) is 0. The molecule has 0 aliphatic carbocycles. The molecule has 0 radical (unpaired) electrons. The van der Waals surface area contributed by atoms with Crippen molar-refractivity contribution in [1.29, 1.82) is 0 Å². The van der Waals surface area contributed by atoms with Crippen LogP contribution >= 0.6 is 0 Å². The highest BCUT2D eigenvalue weighted by Crippen LogP contribution is 2.34. The second kappa shape index (κ2) is 15.5. The zero-order valence-electron chi connectivity index (χ0n) is 29.1. The van der Waals surface area contributed by atoms with Gasteiger partial charge >= 0.3 is 0 Å². The molecule has 2 heteroatoms. The number of benzene rings is 8. The van der Waals surface area contributed by atoms with Gasteiger partial charge in [-0.15, -0.1) is 0 Å². The summed E-state index contributed by atoms with van der Waals surface area (Å²) in [6.07, 6.45) is 0. The first-order chi connectivity index (χ1) is 25.8. The monoisotopic (exact) mass is 668 g/mol. The summed E-state index contributed by atoms with van der Waals surface area (Å²) >= 11 is 0. The average molecular weight is 669 g/mol. The van der Waals surface area contributed by atoms with Crippen LogP contribution in [-0.4, -0.2) is 0 Å². The predicted octanol–water partition coefficient (Wildman–Crippen LogP) is 13.4. The van der Waals surface area contributed by atoms with Crippen molar-refractivity contribution in [2.45, 2.75) is 13.1 Å². The molecule has 0 aliphatic rings. The van der Waals surface area contributed by atoms with Crippen LogP contribution in [0.1, 0.15) is 11.1 Å². The average Bonchev–Trinajstić information content (AvgIpc) is 3.24. The summed E-state index contributed by atoms with van der Waals surface area (Å²) in [4.78, 5) is 4.78. The number of anilines is 4. The predicted molar refractivity (Wildman–Crippen MR) is 220 cm³/mol. The van der Waals surface area contributed by atoms with Crippen molar-refractivity contribution in [3.63, 3.8) is 0 Å². The summed E-state index contributed by atoms with van der Waals surface area (Å²) in [7, 11) is 0. The fourth-order valence-electron chi connectivity index (χ4n) is 6.79. The Labute approximate surface area is 307 Å². The van der Waals surface area contributed by atoms with E-state index >= 15 is 0 Å². The Hall–Kier alpha value is -6.64. The molecule has 8 rings (SSSR count). The van der Waals surface area contributed by atoms with E-state index in [4.69, 9.17) is 0 Å². The van der Waals surface area contributed by atoms with E-state index in [1.54, 1.807) is 0 Å². The normalized spacial score (nSPS) is 10.8. The van der Waals surface area contributed by atoms with Crippen molar-refractivity contribution in [2.24, 2.45) is 0 Å². The molecule has 0 spiro atoms. The molecule has 250 valence electrons. The topological polar surface area (TPSA) is 6.48 Å². The summed E-state index contributed by atoms with van der Waals surface area (Å²) in [6.45, 7) is 1.56. The van der Waals surface area contributed by atoms with Gasteiger partial charge in [0.1, 0.15) is 0 Å². The van der Waals surface area contributed by atoms with Crippen LogP contribution in [0.3, 0.4) is 0 Å². The van der Waals surface area contributed by atoms with Crippen LogP contribution in [0.4, 0.5) is 22.7 Å². The standard InChI is InChI=1S/C50H40N2/c1-5-13-39(14-6-1)37-51(47-29-21-43(22-30-47)41-17-9-3-10-18-41)49-33-25-45(26-34-49)46-27-35-50(36-28-46)52(38-40-15-7-2-8-16-40)48-31-23-44(24-32-48)42-19-11-4-12-20-42/h1-36H,37-38H2. The molecule has 0 saturated carbocycles. The molecular weight excluding hydrogens is 629 g/mol. The van der Waals surface area contributed by atoms with Crippen LogP contribution in [0.15, 0.2) is 218 Å². The summed E-state index contributed by atoms with van der Waals surface area (Å²) in [6, 6.07) is 78.2. The molecule has 0 amide bonds. The molecule has 0 atom stereocenters. The third-order valence-corrected chi connectivity index (χ3v) is 9.63. The van der Waals surface area contributed by atoms with E-state index < -0.39 is 0 Å². The van der Waals surface area contributed by atoms with Gasteiger partial charge in [0.05, 0.1) is 0 Å². The summed E-state index contributed by atoms with van der Waals surface area (Å²) < 4.78 is 0. The highest BCUT2D eigenvalue weighted by atomic mass is 15.1. The van der Waals surface area contributed by atoms with E-state index in [0.717, 1.165) is 35.8 Å². The van der Waals surface area contributed by atoms with E-state index in [1.165, 1.54) is 44.5 Å². The van der Waals surface area contributed by atoms with Gasteiger partial charge in [0.15, 0.2) is 0 Å². The summed E-state index contributed by atoms with van der Waals surface area (Å²) in [5, 5.41) is 0. The van der Waals surface area contributed by atoms with Crippen LogP contribution < -0.4 is 9.80 Å². The molecule has 0 N–H and O–H groups in total. The van der Waals surface area contributed by atoms with E-state index in [1.807, 2.05) is 0 Å². The lowest BCUT2D eigenvalue weighted by atomic mass is 10.0. The fraction of sp³-hybridized carbons (Fsp3) is 0.0400. The van der Waals surface area contributed by atoms with Crippen molar-refractivity contribution >= 4 is 22.7 Å². The number of nitrogens with zero attached hydrogens (tertiary/aromatic N) is 2. The maximum atomic E-state index is 2.39. The van der Waals surface area contributed by atoms with Gasteiger partial charge < -0.3 is 9.80 Å². The smallest absolute Gasteiger partial charge is 0.0481 e. The molecule has 0 unspecified atom stereocenters. The largest absolute Gasteiger partial charge is 0.337 e. The minimum absolute atomic E-state index is 0.781. The van der Waals surface area contributed by atoms with Gasteiger partial charge in [0, 0.05) is 35.8 Å². The van der Waals surface area contributed by atoms with Gasteiger partial charge in [-0.2, -0.15) is 0 Å². The van der Waals surface area contributed by atoms with E-state index in [9.17, 15) is 0 Å². The molecule has 2 nitrogen and oxygen atoms in total. The lowest BCUT2D eigenvalue weighted by Gasteiger charge is -2.26. The van der Waals surface area contributed by atoms with E-state index in [-0.39, 0.29) is 0 Å². The molecule has 0 aliphatic heterocycles. The second-order valence-electron chi connectivity index (χ2n) is 13.1. The zero-order chi connectivity index (χ0) is 35.0. The van der Waals surface area contributed by atoms with Crippen LogP contribution in [-0.2, 0) is 13.1 Å². The van der Waals surface area contributed by atoms with Gasteiger partial charge in [-0.3, -0.25) is 0 Å². The lowest BCUT2D eigenvalue weighted by Crippen LogP contribution is -2.16. The first kappa shape index (κ1) is 32.6. The van der Waals surface area contributed by atoms with Crippen molar-refractivity contribution in [3.05, 3.63) is 230 Å². The Morgan fingerprint density at radius 1 is 0.212 bits per heavy atom. The molecule has 52 heavy (non-hydrogen) atoms. The molecule has 0 heterocycles. The molecular formula is C50H40N2. The van der Waals surface area contributed by atoms with Crippen LogP contribution in [0.2, 0.25) is 0 Å². The van der Waals surface area contributed by atoms with Crippen LogP contribution in [0, 0.1) is 0 Å². The number of rotatable bonds is 11. The maximum absolute atomic E-state index is 2.39. The van der Waals surface area contributed by atoms with E-state index in [0.29, 0.717) is 0 Å². The van der Waals surface area contributed by atoms with Crippen LogP contribution in [0.25, 0.3) is 33.4 Å². The highest BCUT2D eigenvalue weighted by molar-refractivity contribution is 5.75. The lowest BCUT2D eigenvalue weighted by molar-refractivity contribution is 0.975. The minimum Gasteiger partial charge on any atom is -0.337 e. The Morgan fingerprint density at radius 2 is 0.423 bits per heavy atom. The zero-order valence-corrected chi connectivity index (χ0v) is 29.1. The third kappa shape index (κ3) is 7.57. The highest BCUT2D eigenvalue weighted by Gasteiger charge is 2.14. The van der Waals surface area contributed by atoms with Gasteiger partial charge in [-0.25, -0.2) is 0 Å². The molecule has 0 saturated heterocycles. The molecule has 8 aromatic carbocycles. The fourth-order valence-corrected chi connectivity index (χ4v) is 6.79. The Kier molecular flexibility index (Phi) is 9.70. The summed E-state index contributed by atoms with van der Waals surface area (Å²) in [5.41, 5.74) is 14.4. The van der Waals surface area contributed by atoms with Gasteiger partial charge in [-0.1, -0.05) is 170 Å². The maximum Gasteiger partial charge on any atom is 0.0481 e. The second-order valence-corrected chi connectivity index (χ2v) is 13.1. The first-order valence-corrected chi connectivity index (χ1v) is 17.9. The van der Waals surface area contributed by atoms with Crippen molar-refractivity contribution in [1.82, 2.24) is 0 Å². The van der Waals surface area contributed by atoms with Gasteiger partial charge in [0.2, 0.25) is 0 Å². The minimum atomic E-state index is 0.781. The van der Waals surface area contributed by atoms with Crippen LogP contribution in [0.5, 0.6) is 0 Å². The molecule has 0 bridgehead atoms. The number of hydrogen-bond acceptors (Lipinski definition) is 2. The van der Waals surface area contributed by atoms with Crippen molar-refractivity contribution in [2.75, 3.05) is 9.80 Å². The quantitative estimate of drug-likeness (QED) is 0.135. The molecule has 0 aromatic heterocycles. The molecule has 0 fully saturated rings. The molecule has 8 aromatic rings. The summed E-state index contributed by atoms with van der Waals surface area (Å²) in [5.74, 6) is 0. The Balaban J connectivity index is 1.05. The van der Waals surface area contributed by atoms with Crippen molar-refractivity contribution in [3.8, 4) is 33.4 Å². The van der Waals surface area contributed by atoms with Crippen molar-refractivity contribution < 1.29 is 0 Å². The Bertz CT molecular complexity index is 2110. The van der Waals surface area contributed by atoms with Gasteiger partial charge in [-0.05, 0) is 93.0 Å². The first-order valence-electron chi connectivity index (χ1n) is 17.9. The van der Waals surface area contributed by atoms with Gasteiger partial charge in [0.25, 0.3) is 0 Å². The SMILES string of the molecule is c1ccc(CN(c2ccc(-c3ccccc3)cc2)c2ccc(-c3ccc(N(Cc4ccccc4)c4ccc(-c5ccccc5)cc4)cc3)cc2)cc1. The Morgan fingerprint density at radius 3 is 0.673 bits per heavy atom.